The van der Waals surface area contributed by atoms with Crippen molar-refractivity contribution >= 4 is 28.8 Å². The second kappa shape index (κ2) is 8.99. The lowest BCUT2D eigenvalue weighted by molar-refractivity contribution is 1.08. The standard InChI is InChI=1S/C26H20N6/c1-18-14-21(17-28)15-19(2)25(18)30-24-12-13-29-26(31-24)32(22-6-4-3-5-7-22)23-10-8-20(16-27)9-11-23/h3-15H,1-2H3,(H,29,30,31). The van der Waals surface area contributed by atoms with E-state index in [0.717, 1.165) is 28.2 Å². The molecule has 0 aliphatic carbocycles. The van der Waals surface area contributed by atoms with Crippen molar-refractivity contribution in [2.45, 2.75) is 13.8 Å². The molecule has 0 aliphatic rings. The van der Waals surface area contributed by atoms with Gasteiger partial charge in [-0.3, -0.25) is 4.90 Å². The van der Waals surface area contributed by atoms with Gasteiger partial charge in [0.25, 0.3) is 0 Å². The van der Waals surface area contributed by atoms with Gasteiger partial charge in [0.2, 0.25) is 5.95 Å². The van der Waals surface area contributed by atoms with Gasteiger partial charge >= 0.3 is 0 Å². The summed E-state index contributed by atoms with van der Waals surface area (Å²) >= 11 is 0. The van der Waals surface area contributed by atoms with Crippen LogP contribution >= 0.6 is 0 Å². The summed E-state index contributed by atoms with van der Waals surface area (Å²) in [5.74, 6) is 1.13. The first-order valence-electron chi connectivity index (χ1n) is 10.1. The van der Waals surface area contributed by atoms with Gasteiger partial charge in [-0.05, 0) is 79.6 Å². The third kappa shape index (κ3) is 4.26. The number of para-hydroxylation sites is 1. The first kappa shape index (κ1) is 20.6. The van der Waals surface area contributed by atoms with E-state index in [1.165, 1.54) is 0 Å². The Bertz CT molecular complexity index is 1310. The van der Waals surface area contributed by atoms with Crippen LogP contribution in [0, 0.1) is 36.5 Å². The molecular weight excluding hydrogens is 396 g/mol. The molecular formula is C26H20N6. The van der Waals surface area contributed by atoms with Crippen LogP contribution in [0.25, 0.3) is 0 Å². The van der Waals surface area contributed by atoms with Crippen molar-refractivity contribution in [2.24, 2.45) is 0 Å². The van der Waals surface area contributed by atoms with E-state index in [1.807, 2.05) is 79.4 Å². The van der Waals surface area contributed by atoms with E-state index >= 15 is 0 Å². The van der Waals surface area contributed by atoms with Crippen molar-refractivity contribution in [3.05, 3.63) is 101 Å². The zero-order chi connectivity index (χ0) is 22.5. The summed E-state index contributed by atoms with van der Waals surface area (Å²) in [6, 6.07) is 27.0. The highest BCUT2D eigenvalue weighted by Crippen LogP contribution is 2.33. The Balaban J connectivity index is 1.75. The number of hydrogen-bond acceptors (Lipinski definition) is 6. The van der Waals surface area contributed by atoms with E-state index in [2.05, 4.69) is 22.4 Å². The molecule has 4 rings (SSSR count). The number of nitrogens with zero attached hydrogens (tertiary/aromatic N) is 5. The molecule has 1 aromatic heterocycles. The molecule has 0 atom stereocenters. The Labute approximate surface area is 187 Å². The minimum Gasteiger partial charge on any atom is -0.340 e. The van der Waals surface area contributed by atoms with Crippen molar-refractivity contribution in [2.75, 3.05) is 10.2 Å². The summed E-state index contributed by atoms with van der Waals surface area (Å²) in [7, 11) is 0. The molecule has 0 spiro atoms. The summed E-state index contributed by atoms with van der Waals surface area (Å²) in [6.07, 6.45) is 1.71. The molecule has 32 heavy (non-hydrogen) atoms. The zero-order valence-corrected chi connectivity index (χ0v) is 17.7. The van der Waals surface area contributed by atoms with Gasteiger partial charge in [0.1, 0.15) is 5.82 Å². The van der Waals surface area contributed by atoms with Gasteiger partial charge in [0.15, 0.2) is 0 Å². The summed E-state index contributed by atoms with van der Waals surface area (Å²) in [4.78, 5) is 11.2. The van der Waals surface area contributed by atoms with Crippen molar-refractivity contribution in [3.8, 4) is 12.1 Å². The molecule has 154 valence electrons. The summed E-state index contributed by atoms with van der Waals surface area (Å²) < 4.78 is 0. The van der Waals surface area contributed by atoms with Crippen molar-refractivity contribution < 1.29 is 0 Å². The largest absolute Gasteiger partial charge is 0.340 e. The highest BCUT2D eigenvalue weighted by molar-refractivity contribution is 5.74. The second-order valence-corrected chi connectivity index (χ2v) is 7.29. The number of aromatic nitrogens is 2. The van der Waals surface area contributed by atoms with E-state index < -0.39 is 0 Å². The van der Waals surface area contributed by atoms with Crippen LogP contribution in [0.15, 0.2) is 79.0 Å². The fraction of sp³-hybridized carbons (Fsp3) is 0.0769. The van der Waals surface area contributed by atoms with Crippen LogP contribution < -0.4 is 10.2 Å². The highest BCUT2D eigenvalue weighted by atomic mass is 15.3. The average Bonchev–Trinajstić information content (AvgIpc) is 2.83. The molecule has 0 unspecified atom stereocenters. The predicted molar refractivity (Wildman–Crippen MR) is 125 cm³/mol. The molecule has 3 aromatic carbocycles. The Hall–Kier alpha value is -4.68. The van der Waals surface area contributed by atoms with E-state index in [4.69, 9.17) is 10.2 Å². The fourth-order valence-electron chi connectivity index (χ4n) is 3.52. The lowest BCUT2D eigenvalue weighted by Crippen LogP contribution is -2.14. The third-order valence-electron chi connectivity index (χ3n) is 5.03. The minimum atomic E-state index is 0.495. The topological polar surface area (TPSA) is 88.6 Å². The molecule has 1 heterocycles. The lowest BCUT2D eigenvalue weighted by Gasteiger charge is -2.23. The van der Waals surface area contributed by atoms with Crippen LogP contribution in [0.2, 0.25) is 0 Å². The maximum Gasteiger partial charge on any atom is 0.236 e. The van der Waals surface area contributed by atoms with E-state index in [0.29, 0.717) is 22.9 Å². The molecule has 6 nitrogen and oxygen atoms in total. The summed E-state index contributed by atoms with van der Waals surface area (Å²) in [5.41, 5.74) is 5.81. The maximum atomic E-state index is 9.20. The normalized spacial score (nSPS) is 10.1. The van der Waals surface area contributed by atoms with Gasteiger partial charge in [0.05, 0.1) is 23.3 Å². The van der Waals surface area contributed by atoms with Gasteiger partial charge in [-0.25, -0.2) is 4.98 Å². The van der Waals surface area contributed by atoms with Gasteiger partial charge in [-0.2, -0.15) is 15.5 Å². The van der Waals surface area contributed by atoms with Crippen molar-refractivity contribution in [3.63, 3.8) is 0 Å². The van der Waals surface area contributed by atoms with Crippen molar-refractivity contribution in [1.29, 1.82) is 10.5 Å². The number of aryl methyl sites for hydroxylation is 2. The molecule has 0 saturated carbocycles. The van der Waals surface area contributed by atoms with Crippen molar-refractivity contribution in [1.82, 2.24) is 9.97 Å². The number of rotatable bonds is 5. The predicted octanol–water partition coefficient (Wildman–Crippen LogP) is 6.05. The van der Waals surface area contributed by atoms with Crippen LogP contribution in [-0.2, 0) is 0 Å². The Morgan fingerprint density at radius 3 is 2.03 bits per heavy atom. The quantitative estimate of drug-likeness (QED) is 0.426. The molecule has 0 radical (unpaired) electrons. The van der Waals surface area contributed by atoms with Gasteiger partial charge in [-0.1, -0.05) is 18.2 Å². The Kier molecular flexibility index (Phi) is 5.78. The van der Waals surface area contributed by atoms with E-state index in [-0.39, 0.29) is 0 Å². The molecule has 1 N–H and O–H groups in total. The molecule has 0 fully saturated rings. The molecule has 6 heteroatoms. The Morgan fingerprint density at radius 1 is 0.781 bits per heavy atom. The average molecular weight is 416 g/mol. The molecule has 0 bridgehead atoms. The summed E-state index contributed by atoms with van der Waals surface area (Å²) in [5, 5.41) is 21.7. The number of hydrogen-bond donors (Lipinski definition) is 1. The van der Waals surface area contributed by atoms with E-state index in [9.17, 15) is 5.26 Å². The zero-order valence-electron chi connectivity index (χ0n) is 17.7. The van der Waals surface area contributed by atoms with Crippen LogP contribution in [-0.4, -0.2) is 9.97 Å². The van der Waals surface area contributed by atoms with Crippen LogP contribution in [0.4, 0.5) is 28.8 Å². The highest BCUT2D eigenvalue weighted by Gasteiger charge is 2.16. The van der Waals surface area contributed by atoms with Gasteiger partial charge < -0.3 is 5.32 Å². The Morgan fingerprint density at radius 2 is 1.41 bits per heavy atom. The first-order chi connectivity index (χ1) is 15.6. The van der Waals surface area contributed by atoms with Crippen LogP contribution in [0.3, 0.4) is 0 Å². The molecule has 0 aliphatic heterocycles. The van der Waals surface area contributed by atoms with Crippen LogP contribution in [0.1, 0.15) is 22.3 Å². The maximum absolute atomic E-state index is 9.20. The smallest absolute Gasteiger partial charge is 0.236 e. The molecule has 0 saturated heterocycles. The number of anilines is 5. The lowest BCUT2D eigenvalue weighted by atomic mass is 10.0. The monoisotopic (exact) mass is 416 g/mol. The van der Waals surface area contributed by atoms with Gasteiger partial charge in [-0.15, -0.1) is 0 Å². The minimum absolute atomic E-state index is 0.495. The number of benzene rings is 3. The molecule has 4 aromatic rings. The summed E-state index contributed by atoms with van der Waals surface area (Å²) in [6.45, 7) is 3.93. The number of nitriles is 2. The fourth-order valence-corrected chi connectivity index (χ4v) is 3.52. The van der Waals surface area contributed by atoms with Gasteiger partial charge in [0, 0.05) is 23.3 Å². The number of nitrogens with one attached hydrogen (secondary N) is 1. The van der Waals surface area contributed by atoms with E-state index in [1.54, 1.807) is 18.3 Å². The SMILES string of the molecule is Cc1cc(C#N)cc(C)c1Nc1ccnc(N(c2ccccc2)c2ccc(C#N)cc2)n1. The second-order valence-electron chi connectivity index (χ2n) is 7.29. The first-order valence-corrected chi connectivity index (χ1v) is 10.1. The third-order valence-corrected chi connectivity index (χ3v) is 5.03. The molecule has 0 amide bonds. The van der Waals surface area contributed by atoms with Crippen LogP contribution in [0.5, 0.6) is 0 Å².